The van der Waals surface area contributed by atoms with Crippen molar-refractivity contribution in [3.63, 3.8) is 0 Å². The van der Waals surface area contributed by atoms with Gasteiger partial charge in [0, 0.05) is 18.0 Å². The van der Waals surface area contributed by atoms with E-state index in [0.717, 1.165) is 13.1 Å². The van der Waals surface area contributed by atoms with Crippen molar-refractivity contribution in [2.45, 2.75) is 44.6 Å². The van der Waals surface area contributed by atoms with Crippen molar-refractivity contribution in [2.24, 2.45) is 11.7 Å². The SMILES string of the molecule is CC(C)(CNC1CCCC1CN)c1ccccc1. The molecular formula is C16H26N2. The maximum atomic E-state index is 5.83. The molecule has 0 radical (unpaired) electrons. The van der Waals surface area contributed by atoms with Gasteiger partial charge in [-0.25, -0.2) is 0 Å². The van der Waals surface area contributed by atoms with E-state index >= 15 is 0 Å². The molecule has 0 bridgehead atoms. The maximum Gasteiger partial charge on any atom is 0.0108 e. The topological polar surface area (TPSA) is 38.0 Å². The van der Waals surface area contributed by atoms with Crippen LogP contribution in [0.5, 0.6) is 0 Å². The summed E-state index contributed by atoms with van der Waals surface area (Å²) in [5.74, 6) is 0.677. The first-order chi connectivity index (χ1) is 8.63. The maximum absolute atomic E-state index is 5.83. The number of nitrogens with two attached hydrogens (primary N) is 1. The van der Waals surface area contributed by atoms with Gasteiger partial charge in [0.05, 0.1) is 0 Å². The van der Waals surface area contributed by atoms with Crippen LogP contribution in [-0.4, -0.2) is 19.1 Å². The van der Waals surface area contributed by atoms with E-state index in [9.17, 15) is 0 Å². The minimum atomic E-state index is 0.184. The molecule has 1 aliphatic carbocycles. The molecule has 1 aromatic rings. The van der Waals surface area contributed by atoms with E-state index in [0.29, 0.717) is 12.0 Å². The molecule has 1 fully saturated rings. The van der Waals surface area contributed by atoms with Crippen LogP contribution in [0, 0.1) is 5.92 Å². The smallest absolute Gasteiger partial charge is 0.0108 e. The summed E-state index contributed by atoms with van der Waals surface area (Å²) in [6.45, 7) is 6.46. The predicted molar refractivity (Wildman–Crippen MR) is 77.7 cm³/mol. The van der Waals surface area contributed by atoms with Gasteiger partial charge in [0.1, 0.15) is 0 Å². The van der Waals surface area contributed by atoms with Gasteiger partial charge >= 0.3 is 0 Å². The molecule has 2 atom stereocenters. The van der Waals surface area contributed by atoms with Crippen LogP contribution in [0.1, 0.15) is 38.7 Å². The monoisotopic (exact) mass is 246 g/mol. The average Bonchev–Trinajstić information content (AvgIpc) is 2.85. The molecule has 2 nitrogen and oxygen atoms in total. The minimum Gasteiger partial charge on any atom is -0.330 e. The van der Waals surface area contributed by atoms with Gasteiger partial charge in [-0.05, 0) is 30.9 Å². The van der Waals surface area contributed by atoms with Gasteiger partial charge < -0.3 is 11.1 Å². The highest BCUT2D eigenvalue weighted by molar-refractivity contribution is 5.23. The molecule has 18 heavy (non-hydrogen) atoms. The largest absolute Gasteiger partial charge is 0.330 e. The van der Waals surface area contributed by atoms with Crippen molar-refractivity contribution < 1.29 is 0 Å². The summed E-state index contributed by atoms with van der Waals surface area (Å²) in [7, 11) is 0. The highest BCUT2D eigenvalue weighted by Crippen LogP contribution is 2.27. The molecule has 0 aromatic heterocycles. The van der Waals surface area contributed by atoms with Crippen molar-refractivity contribution in [2.75, 3.05) is 13.1 Å². The first-order valence-electron chi connectivity index (χ1n) is 7.12. The fraction of sp³-hybridized carbons (Fsp3) is 0.625. The van der Waals surface area contributed by atoms with Crippen molar-refractivity contribution in [3.05, 3.63) is 35.9 Å². The van der Waals surface area contributed by atoms with Gasteiger partial charge in [0.2, 0.25) is 0 Å². The van der Waals surface area contributed by atoms with E-state index in [1.807, 2.05) is 0 Å². The second-order valence-corrected chi connectivity index (χ2v) is 6.16. The second kappa shape index (κ2) is 5.85. The van der Waals surface area contributed by atoms with Crippen LogP contribution in [0.2, 0.25) is 0 Å². The van der Waals surface area contributed by atoms with Crippen molar-refractivity contribution in [1.82, 2.24) is 5.32 Å². The third-order valence-electron chi connectivity index (χ3n) is 4.32. The number of benzene rings is 1. The summed E-state index contributed by atoms with van der Waals surface area (Å²) in [5, 5.41) is 3.74. The predicted octanol–water partition coefficient (Wildman–Crippen LogP) is 2.68. The molecule has 2 unspecified atom stereocenters. The van der Waals surface area contributed by atoms with E-state index < -0.39 is 0 Å². The molecule has 2 heteroatoms. The van der Waals surface area contributed by atoms with Gasteiger partial charge in [-0.2, -0.15) is 0 Å². The van der Waals surface area contributed by atoms with Crippen LogP contribution in [0.15, 0.2) is 30.3 Å². The Bertz CT molecular complexity index is 359. The lowest BCUT2D eigenvalue weighted by molar-refractivity contribution is 0.362. The molecule has 1 aliphatic rings. The number of hydrogen-bond acceptors (Lipinski definition) is 2. The Balaban J connectivity index is 1.93. The molecule has 0 aliphatic heterocycles. The zero-order valence-electron chi connectivity index (χ0n) is 11.7. The van der Waals surface area contributed by atoms with E-state index in [1.165, 1.54) is 24.8 Å². The lowest BCUT2D eigenvalue weighted by Crippen LogP contribution is -2.42. The summed E-state index contributed by atoms with van der Waals surface area (Å²) < 4.78 is 0. The van der Waals surface area contributed by atoms with Crippen LogP contribution in [0.3, 0.4) is 0 Å². The number of nitrogens with one attached hydrogen (secondary N) is 1. The van der Waals surface area contributed by atoms with Crippen LogP contribution < -0.4 is 11.1 Å². The molecule has 100 valence electrons. The lowest BCUT2D eigenvalue weighted by atomic mass is 9.84. The van der Waals surface area contributed by atoms with E-state index in [-0.39, 0.29) is 5.41 Å². The standard InChI is InChI=1S/C16H26N2/c1-16(2,14-8-4-3-5-9-14)12-18-15-10-6-7-13(15)11-17/h3-5,8-9,13,15,18H,6-7,10-12,17H2,1-2H3. The zero-order valence-corrected chi connectivity index (χ0v) is 11.7. The van der Waals surface area contributed by atoms with Crippen LogP contribution in [-0.2, 0) is 5.41 Å². The Morgan fingerprint density at radius 2 is 1.94 bits per heavy atom. The second-order valence-electron chi connectivity index (χ2n) is 6.16. The molecule has 0 heterocycles. The lowest BCUT2D eigenvalue weighted by Gasteiger charge is -2.29. The van der Waals surface area contributed by atoms with Crippen LogP contribution >= 0.6 is 0 Å². The molecule has 1 saturated carbocycles. The summed E-state index contributed by atoms with van der Waals surface area (Å²) >= 11 is 0. The Kier molecular flexibility index (Phi) is 4.41. The molecule has 0 spiro atoms. The average molecular weight is 246 g/mol. The molecule has 3 N–H and O–H groups in total. The Morgan fingerprint density at radius 3 is 2.61 bits per heavy atom. The van der Waals surface area contributed by atoms with Gasteiger partial charge in [-0.15, -0.1) is 0 Å². The Labute approximate surface area is 111 Å². The van der Waals surface area contributed by atoms with Crippen molar-refractivity contribution >= 4 is 0 Å². The van der Waals surface area contributed by atoms with Gasteiger partial charge in [0.15, 0.2) is 0 Å². The first kappa shape index (κ1) is 13.6. The number of rotatable bonds is 5. The third-order valence-corrected chi connectivity index (χ3v) is 4.32. The van der Waals surface area contributed by atoms with Crippen molar-refractivity contribution in [1.29, 1.82) is 0 Å². The fourth-order valence-electron chi connectivity index (χ4n) is 2.97. The third kappa shape index (κ3) is 3.12. The Hall–Kier alpha value is -0.860. The Morgan fingerprint density at radius 1 is 1.22 bits per heavy atom. The number of hydrogen-bond donors (Lipinski definition) is 2. The van der Waals surface area contributed by atoms with Crippen LogP contribution in [0.4, 0.5) is 0 Å². The molecular weight excluding hydrogens is 220 g/mol. The summed E-state index contributed by atoms with van der Waals surface area (Å²) in [6, 6.07) is 11.4. The highest BCUT2D eigenvalue weighted by atomic mass is 14.9. The fourth-order valence-corrected chi connectivity index (χ4v) is 2.97. The van der Waals surface area contributed by atoms with Gasteiger partial charge in [0.25, 0.3) is 0 Å². The van der Waals surface area contributed by atoms with E-state index in [4.69, 9.17) is 5.73 Å². The zero-order chi connectivity index (χ0) is 13.0. The normalized spacial score (nSPS) is 24.4. The highest BCUT2D eigenvalue weighted by Gasteiger charge is 2.28. The van der Waals surface area contributed by atoms with E-state index in [1.54, 1.807) is 0 Å². The summed E-state index contributed by atoms with van der Waals surface area (Å²) in [4.78, 5) is 0. The van der Waals surface area contributed by atoms with E-state index in [2.05, 4.69) is 49.5 Å². The summed E-state index contributed by atoms with van der Waals surface area (Å²) in [5.41, 5.74) is 7.42. The molecule has 1 aromatic carbocycles. The van der Waals surface area contributed by atoms with Gasteiger partial charge in [-0.1, -0.05) is 50.6 Å². The van der Waals surface area contributed by atoms with Crippen LogP contribution in [0.25, 0.3) is 0 Å². The minimum absolute atomic E-state index is 0.184. The van der Waals surface area contributed by atoms with Gasteiger partial charge in [-0.3, -0.25) is 0 Å². The summed E-state index contributed by atoms with van der Waals surface area (Å²) in [6.07, 6.45) is 3.90. The van der Waals surface area contributed by atoms with Crippen molar-refractivity contribution in [3.8, 4) is 0 Å². The molecule has 0 amide bonds. The molecule has 2 rings (SSSR count). The first-order valence-corrected chi connectivity index (χ1v) is 7.12. The quantitative estimate of drug-likeness (QED) is 0.838. The molecule has 0 saturated heterocycles.